The fraction of sp³-hybridized carbons (Fsp3) is 0.400. The number of anilines is 1. The number of ether oxygens (including phenoxy) is 1. The first-order valence-corrected chi connectivity index (χ1v) is 11.7. The van der Waals surface area contributed by atoms with Crippen LogP contribution in [0.5, 0.6) is 6.01 Å². The van der Waals surface area contributed by atoms with E-state index in [1.807, 2.05) is 38.1 Å². The van der Waals surface area contributed by atoms with Gasteiger partial charge in [-0.25, -0.2) is 14.8 Å². The number of rotatable bonds is 5. The van der Waals surface area contributed by atoms with Crippen molar-refractivity contribution in [3.8, 4) is 6.01 Å². The van der Waals surface area contributed by atoms with Gasteiger partial charge in [-0.2, -0.15) is 4.98 Å². The Morgan fingerprint density at radius 3 is 2.51 bits per heavy atom. The standard InChI is InChI=1S/C25H29N7O3/c1-16-6-5-7-18(14-16)15-32-20-21(29(3)25(34)30(4)22(20)33)28-24(32)35-19-9-12-31(13-10-19)23-26-11-8-17(2)27-23/h5-8,11,14,19H,9-10,12-13,15H2,1-4H3. The van der Waals surface area contributed by atoms with Crippen molar-refractivity contribution in [2.75, 3.05) is 18.0 Å². The molecule has 1 aromatic carbocycles. The van der Waals surface area contributed by atoms with E-state index < -0.39 is 5.69 Å². The molecule has 0 aliphatic carbocycles. The Bertz CT molecular complexity index is 1510. The van der Waals surface area contributed by atoms with E-state index in [0.29, 0.717) is 23.7 Å². The Morgan fingerprint density at radius 1 is 1.03 bits per heavy atom. The van der Waals surface area contributed by atoms with Gasteiger partial charge in [-0.05, 0) is 25.5 Å². The number of aromatic nitrogens is 6. The fourth-order valence-corrected chi connectivity index (χ4v) is 4.57. The Morgan fingerprint density at radius 2 is 1.80 bits per heavy atom. The third-order valence-electron chi connectivity index (χ3n) is 6.52. The first-order chi connectivity index (χ1) is 16.8. The highest BCUT2D eigenvalue weighted by atomic mass is 16.5. The summed E-state index contributed by atoms with van der Waals surface area (Å²) < 4.78 is 10.7. The smallest absolute Gasteiger partial charge is 0.332 e. The van der Waals surface area contributed by atoms with E-state index in [1.165, 1.54) is 11.6 Å². The van der Waals surface area contributed by atoms with Gasteiger partial charge in [0.15, 0.2) is 11.2 Å². The zero-order valence-corrected chi connectivity index (χ0v) is 20.4. The van der Waals surface area contributed by atoms with Gasteiger partial charge in [-0.1, -0.05) is 29.8 Å². The minimum Gasteiger partial charge on any atom is -0.461 e. The van der Waals surface area contributed by atoms with E-state index >= 15 is 0 Å². The van der Waals surface area contributed by atoms with Crippen LogP contribution in [0.1, 0.15) is 29.7 Å². The van der Waals surface area contributed by atoms with Crippen molar-refractivity contribution < 1.29 is 4.74 Å². The average molecular weight is 476 g/mol. The molecule has 0 bridgehead atoms. The first-order valence-electron chi connectivity index (χ1n) is 11.7. The molecule has 10 nitrogen and oxygen atoms in total. The molecule has 0 N–H and O–H groups in total. The van der Waals surface area contributed by atoms with Crippen molar-refractivity contribution in [3.63, 3.8) is 0 Å². The highest BCUT2D eigenvalue weighted by Gasteiger charge is 2.26. The van der Waals surface area contributed by atoms with Gasteiger partial charge in [-0.15, -0.1) is 0 Å². The molecule has 1 saturated heterocycles. The van der Waals surface area contributed by atoms with Gasteiger partial charge in [0.2, 0.25) is 5.95 Å². The van der Waals surface area contributed by atoms with Gasteiger partial charge in [0.1, 0.15) is 6.10 Å². The molecule has 0 spiro atoms. The quantitative estimate of drug-likeness (QED) is 0.435. The number of hydrogen-bond acceptors (Lipinski definition) is 7. The molecule has 0 unspecified atom stereocenters. The first kappa shape index (κ1) is 22.8. The Labute approximate surface area is 202 Å². The summed E-state index contributed by atoms with van der Waals surface area (Å²) in [4.78, 5) is 41.4. The summed E-state index contributed by atoms with van der Waals surface area (Å²) in [5.74, 6) is 0.730. The predicted octanol–water partition coefficient (Wildman–Crippen LogP) is 1.94. The average Bonchev–Trinajstić information content (AvgIpc) is 3.19. The van der Waals surface area contributed by atoms with Crippen LogP contribution >= 0.6 is 0 Å². The van der Waals surface area contributed by atoms with Crippen molar-refractivity contribution in [1.29, 1.82) is 0 Å². The molecule has 4 heterocycles. The SMILES string of the molecule is Cc1cccc(Cn2c(OC3CCN(c4nccc(C)n4)CC3)nc3c2c(=O)n(C)c(=O)n3C)c1. The van der Waals surface area contributed by atoms with E-state index in [2.05, 4.69) is 25.9 Å². The third kappa shape index (κ3) is 4.31. The maximum atomic E-state index is 13.1. The van der Waals surface area contributed by atoms with Crippen molar-refractivity contribution in [1.82, 2.24) is 28.7 Å². The lowest BCUT2D eigenvalue weighted by atomic mass is 10.1. The molecule has 0 amide bonds. The molecule has 1 aliphatic rings. The summed E-state index contributed by atoms with van der Waals surface area (Å²) in [6, 6.07) is 10.3. The molecule has 182 valence electrons. The second-order valence-corrected chi connectivity index (χ2v) is 9.15. The van der Waals surface area contributed by atoms with Crippen LogP contribution < -0.4 is 20.9 Å². The topological polar surface area (TPSA) is 100 Å². The lowest BCUT2D eigenvalue weighted by molar-refractivity contribution is 0.151. The summed E-state index contributed by atoms with van der Waals surface area (Å²) in [7, 11) is 3.11. The van der Waals surface area contributed by atoms with Crippen LogP contribution in [0.25, 0.3) is 11.2 Å². The second kappa shape index (κ2) is 9.01. The Balaban J connectivity index is 1.47. The largest absolute Gasteiger partial charge is 0.461 e. The monoisotopic (exact) mass is 475 g/mol. The molecule has 0 atom stereocenters. The Kier molecular flexibility index (Phi) is 5.88. The van der Waals surface area contributed by atoms with Crippen LogP contribution in [-0.4, -0.2) is 47.8 Å². The van der Waals surface area contributed by atoms with Gasteiger partial charge in [-0.3, -0.25) is 18.5 Å². The van der Waals surface area contributed by atoms with Gasteiger partial charge in [0, 0.05) is 51.9 Å². The lowest BCUT2D eigenvalue weighted by Crippen LogP contribution is -2.39. The van der Waals surface area contributed by atoms with Gasteiger partial charge in [0.05, 0.1) is 6.54 Å². The molecule has 0 saturated carbocycles. The minimum absolute atomic E-state index is 0.0787. The Hall–Kier alpha value is -3.95. The van der Waals surface area contributed by atoms with Crippen LogP contribution in [0.3, 0.4) is 0 Å². The van der Waals surface area contributed by atoms with Crippen molar-refractivity contribution >= 4 is 17.1 Å². The molecule has 10 heteroatoms. The van der Waals surface area contributed by atoms with E-state index in [1.54, 1.807) is 17.8 Å². The number of fused-ring (bicyclic) bond motifs is 1. The molecule has 4 aromatic rings. The number of nitrogens with zero attached hydrogens (tertiary/aromatic N) is 7. The molecule has 5 rings (SSSR count). The molecule has 0 radical (unpaired) electrons. The molecular weight excluding hydrogens is 446 g/mol. The summed E-state index contributed by atoms with van der Waals surface area (Å²) >= 11 is 0. The normalized spacial score (nSPS) is 14.6. The number of hydrogen-bond donors (Lipinski definition) is 0. The summed E-state index contributed by atoms with van der Waals surface area (Å²) in [6.45, 7) is 5.91. The fourth-order valence-electron chi connectivity index (χ4n) is 4.57. The molecule has 1 aliphatic heterocycles. The lowest BCUT2D eigenvalue weighted by Gasteiger charge is -2.32. The van der Waals surface area contributed by atoms with Crippen molar-refractivity contribution in [3.05, 3.63) is 74.2 Å². The highest BCUT2D eigenvalue weighted by molar-refractivity contribution is 5.72. The van der Waals surface area contributed by atoms with E-state index in [4.69, 9.17) is 4.74 Å². The van der Waals surface area contributed by atoms with E-state index in [9.17, 15) is 9.59 Å². The van der Waals surface area contributed by atoms with Gasteiger partial charge >= 0.3 is 5.69 Å². The van der Waals surface area contributed by atoms with Crippen molar-refractivity contribution in [2.24, 2.45) is 14.1 Å². The van der Waals surface area contributed by atoms with Crippen LogP contribution in [-0.2, 0) is 20.6 Å². The highest BCUT2D eigenvalue weighted by Crippen LogP contribution is 2.25. The number of imidazole rings is 1. The molecule has 1 fully saturated rings. The van der Waals surface area contributed by atoms with E-state index in [-0.39, 0.29) is 11.7 Å². The maximum absolute atomic E-state index is 13.1. The zero-order valence-electron chi connectivity index (χ0n) is 20.4. The van der Waals surface area contributed by atoms with Crippen LogP contribution in [0, 0.1) is 13.8 Å². The summed E-state index contributed by atoms with van der Waals surface area (Å²) in [5.41, 5.74) is 2.97. The number of piperidine rings is 1. The molecule has 3 aromatic heterocycles. The van der Waals surface area contributed by atoms with Crippen LogP contribution in [0.4, 0.5) is 5.95 Å². The van der Waals surface area contributed by atoms with Gasteiger partial charge < -0.3 is 9.64 Å². The van der Waals surface area contributed by atoms with E-state index in [0.717, 1.165) is 53.3 Å². The molecule has 35 heavy (non-hydrogen) atoms. The summed E-state index contributed by atoms with van der Waals surface area (Å²) in [6.07, 6.45) is 3.23. The summed E-state index contributed by atoms with van der Waals surface area (Å²) in [5, 5.41) is 0. The predicted molar refractivity (Wildman–Crippen MR) is 133 cm³/mol. The van der Waals surface area contributed by atoms with Crippen LogP contribution in [0.2, 0.25) is 0 Å². The van der Waals surface area contributed by atoms with Gasteiger partial charge in [0.25, 0.3) is 11.6 Å². The van der Waals surface area contributed by atoms with Crippen LogP contribution in [0.15, 0.2) is 46.1 Å². The minimum atomic E-state index is -0.416. The molecular formula is C25H29N7O3. The second-order valence-electron chi connectivity index (χ2n) is 9.15. The number of benzene rings is 1. The number of aryl methyl sites for hydroxylation is 3. The van der Waals surface area contributed by atoms with Crippen molar-refractivity contribution in [2.45, 2.75) is 39.3 Å². The zero-order chi connectivity index (χ0) is 24.7. The maximum Gasteiger partial charge on any atom is 0.332 e. The third-order valence-corrected chi connectivity index (χ3v) is 6.52.